The summed E-state index contributed by atoms with van der Waals surface area (Å²) in [4.78, 5) is 0. The average Bonchev–Trinajstić information content (AvgIpc) is 2.79. The molecule has 0 aliphatic carbocycles. The van der Waals surface area contributed by atoms with E-state index in [4.69, 9.17) is 10.7 Å². The third-order valence-corrected chi connectivity index (χ3v) is 3.32. The Morgan fingerprint density at radius 2 is 2.18 bits per heavy atom. The zero-order valence-corrected chi connectivity index (χ0v) is 10.2. The summed E-state index contributed by atoms with van der Waals surface area (Å²) in [6.45, 7) is 0. The number of nitrogens with one attached hydrogen (secondary N) is 1. The zero-order valence-electron chi connectivity index (χ0n) is 8.67. The SMILES string of the molecule is O=S(=O)(Cl)CCc1cccc(-c2nn[nH]n2)c1. The molecule has 17 heavy (non-hydrogen) atoms. The summed E-state index contributed by atoms with van der Waals surface area (Å²) in [5.74, 6) is 0.380. The highest BCUT2D eigenvalue weighted by Gasteiger charge is 2.07. The van der Waals surface area contributed by atoms with E-state index in [1.807, 2.05) is 24.3 Å². The van der Waals surface area contributed by atoms with Gasteiger partial charge in [-0.05, 0) is 23.3 Å². The smallest absolute Gasteiger partial charge is 0.212 e. The number of aromatic amines is 1. The molecule has 0 saturated heterocycles. The number of tetrazole rings is 1. The number of benzene rings is 1. The number of nitrogens with zero attached hydrogens (tertiary/aromatic N) is 3. The van der Waals surface area contributed by atoms with Crippen molar-refractivity contribution < 1.29 is 8.42 Å². The number of aromatic nitrogens is 4. The highest BCUT2D eigenvalue weighted by atomic mass is 35.7. The van der Waals surface area contributed by atoms with Crippen LogP contribution in [-0.4, -0.2) is 34.8 Å². The minimum absolute atomic E-state index is 0.0930. The predicted molar refractivity (Wildman–Crippen MR) is 63.0 cm³/mol. The Balaban J connectivity index is 2.18. The van der Waals surface area contributed by atoms with Gasteiger partial charge < -0.3 is 0 Å². The number of halogens is 1. The number of H-pyrrole nitrogens is 1. The summed E-state index contributed by atoms with van der Waals surface area (Å²) in [6.07, 6.45) is 0.359. The lowest BCUT2D eigenvalue weighted by Gasteiger charge is -2.01. The summed E-state index contributed by atoms with van der Waals surface area (Å²) in [7, 11) is 1.69. The van der Waals surface area contributed by atoms with Gasteiger partial charge in [0.05, 0.1) is 5.75 Å². The van der Waals surface area contributed by atoms with Crippen molar-refractivity contribution in [3.63, 3.8) is 0 Å². The Kier molecular flexibility index (Phi) is 3.39. The minimum Gasteiger partial charge on any atom is -0.212 e. The van der Waals surface area contributed by atoms with Crippen molar-refractivity contribution >= 4 is 19.7 Å². The molecular weight excluding hydrogens is 264 g/mol. The van der Waals surface area contributed by atoms with Crippen LogP contribution in [0.2, 0.25) is 0 Å². The molecule has 0 bridgehead atoms. The molecule has 2 rings (SSSR count). The lowest BCUT2D eigenvalue weighted by molar-refractivity contribution is 0.609. The van der Waals surface area contributed by atoms with Crippen LogP contribution in [0.15, 0.2) is 24.3 Å². The van der Waals surface area contributed by atoms with Gasteiger partial charge in [0, 0.05) is 16.2 Å². The van der Waals surface area contributed by atoms with Gasteiger partial charge in [0.25, 0.3) is 0 Å². The van der Waals surface area contributed by atoms with Crippen molar-refractivity contribution in [2.45, 2.75) is 6.42 Å². The molecule has 0 unspecified atom stereocenters. The molecular formula is C9H9ClN4O2S. The van der Waals surface area contributed by atoms with Gasteiger partial charge in [-0.1, -0.05) is 18.2 Å². The maximum absolute atomic E-state index is 10.8. The van der Waals surface area contributed by atoms with Gasteiger partial charge >= 0.3 is 0 Å². The first kappa shape index (κ1) is 12.0. The zero-order chi connectivity index (χ0) is 12.3. The van der Waals surface area contributed by atoms with E-state index in [9.17, 15) is 8.42 Å². The van der Waals surface area contributed by atoms with E-state index < -0.39 is 9.05 Å². The van der Waals surface area contributed by atoms with Gasteiger partial charge in [-0.15, -0.1) is 10.2 Å². The fourth-order valence-corrected chi connectivity index (χ4v) is 2.10. The Bertz CT molecular complexity index is 597. The summed E-state index contributed by atoms with van der Waals surface area (Å²) >= 11 is 0. The minimum atomic E-state index is -3.47. The fraction of sp³-hybridized carbons (Fsp3) is 0.222. The van der Waals surface area contributed by atoms with Crippen LogP contribution in [0.3, 0.4) is 0 Å². The number of rotatable bonds is 4. The van der Waals surface area contributed by atoms with Crippen LogP contribution in [0.25, 0.3) is 11.4 Å². The van der Waals surface area contributed by atoms with Gasteiger partial charge in [0.2, 0.25) is 14.9 Å². The molecule has 90 valence electrons. The van der Waals surface area contributed by atoms with Crippen molar-refractivity contribution in [2.24, 2.45) is 0 Å². The van der Waals surface area contributed by atoms with Crippen LogP contribution in [0, 0.1) is 0 Å². The van der Waals surface area contributed by atoms with E-state index in [1.165, 1.54) is 0 Å². The second-order valence-electron chi connectivity index (χ2n) is 3.43. The van der Waals surface area contributed by atoms with E-state index in [0.717, 1.165) is 11.1 Å². The van der Waals surface area contributed by atoms with Crippen LogP contribution in [0.1, 0.15) is 5.56 Å². The first-order chi connectivity index (χ1) is 8.04. The van der Waals surface area contributed by atoms with Gasteiger partial charge in [-0.25, -0.2) is 8.42 Å². The van der Waals surface area contributed by atoms with Crippen molar-refractivity contribution in [2.75, 3.05) is 5.75 Å². The number of hydrogen-bond donors (Lipinski definition) is 1. The van der Waals surface area contributed by atoms with E-state index in [1.54, 1.807) is 0 Å². The number of aryl methyl sites for hydroxylation is 1. The van der Waals surface area contributed by atoms with Crippen molar-refractivity contribution in [3.8, 4) is 11.4 Å². The van der Waals surface area contributed by atoms with E-state index >= 15 is 0 Å². The monoisotopic (exact) mass is 272 g/mol. The van der Waals surface area contributed by atoms with E-state index in [2.05, 4.69) is 20.6 Å². The Morgan fingerprint density at radius 3 is 2.82 bits per heavy atom. The Labute approximate surface area is 102 Å². The second-order valence-corrected chi connectivity index (χ2v) is 6.33. The van der Waals surface area contributed by atoms with Gasteiger partial charge in [0.1, 0.15) is 0 Å². The molecule has 0 amide bonds. The molecule has 2 aromatic rings. The molecule has 0 spiro atoms. The molecule has 0 aliphatic rings. The summed E-state index contributed by atoms with van der Waals surface area (Å²) in [5, 5.41) is 13.5. The highest BCUT2D eigenvalue weighted by molar-refractivity contribution is 8.13. The Morgan fingerprint density at radius 1 is 1.35 bits per heavy atom. The van der Waals surface area contributed by atoms with Gasteiger partial charge in [0.15, 0.2) is 0 Å². The quantitative estimate of drug-likeness (QED) is 0.838. The standard InChI is InChI=1S/C9H9ClN4O2S/c10-17(15,16)5-4-7-2-1-3-8(6-7)9-11-13-14-12-9/h1-3,6H,4-5H2,(H,11,12,13,14). The third-order valence-electron chi connectivity index (χ3n) is 2.17. The van der Waals surface area contributed by atoms with Gasteiger partial charge in [-0.3, -0.25) is 0 Å². The lowest BCUT2D eigenvalue weighted by atomic mass is 10.1. The van der Waals surface area contributed by atoms with E-state index in [-0.39, 0.29) is 5.75 Å². The molecule has 1 aromatic heterocycles. The summed E-state index contributed by atoms with van der Waals surface area (Å²) in [5.41, 5.74) is 1.64. The maximum Gasteiger partial charge on any atom is 0.232 e. The molecule has 0 aliphatic heterocycles. The second kappa shape index (κ2) is 4.80. The molecule has 8 heteroatoms. The van der Waals surface area contributed by atoms with Crippen LogP contribution >= 0.6 is 10.7 Å². The van der Waals surface area contributed by atoms with E-state index in [0.29, 0.717) is 12.2 Å². The molecule has 0 fully saturated rings. The van der Waals surface area contributed by atoms with Crippen LogP contribution in [0.4, 0.5) is 0 Å². The largest absolute Gasteiger partial charge is 0.232 e. The van der Waals surface area contributed by atoms with Crippen LogP contribution in [0.5, 0.6) is 0 Å². The molecule has 1 heterocycles. The maximum atomic E-state index is 10.8. The average molecular weight is 273 g/mol. The lowest BCUT2D eigenvalue weighted by Crippen LogP contribution is -2.01. The first-order valence-electron chi connectivity index (χ1n) is 4.80. The highest BCUT2D eigenvalue weighted by Crippen LogP contribution is 2.16. The Hall–Kier alpha value is -1.47. The predicted octanol–water partition coefficient (Wildman–Crippen LogP) is 0.978. The third kappa shape index (κ3) is 3.50. The summed E-state index contributed by atoms with van der Waals surface area (Å²) < 4.78 is 21.7. The molecule has 1 N–H and O–H groups in total. The first-order valence-corrected chi connectivity index (χ1v) is 7.27. The van der Waals surface area contributed by atoms with Crippen molar-refractivity contribution in [3.05, 3.63) is 29.8 Å². The fourth-order valence-electron chi connectivity index (χ4n) is 1.39. The molecule has 0 radical (unpaired) electrons. The topological polar surface area (TPSA) is 88.6 Å². The van der Waals surface area contributed by atoms with Crippen LogP contribution < -0.4 is 0 Å². The summed E-state index contributed by atoms with van der Waals surface area (Å²) in [6, 6.07) is 7.27. The molecule has 0 atom stereocenters. The molecule has 6 nitrogen and oxygen atoms in total. The molecule has 0 saturated carbocycles. The normalized spacial score (nSPS) is 11.6. The number of hydrogen-bond acceptors (Lipinski definition) is 5. The van der Waals surface area contributed by atoms with Crippen LogP contribution in [-0.2, 0) is 15.5 Å². The van der Waals surface area contributed by atoms with Crippen molar-refractivity contribution in [1.29, 1.82) is 0 Å². The van der Waals surface area contributed by atoms with Gasteiger partial charge in [-0.2, -0.15) is 5.21 Å². The molecule has 1 aromatic carbocycles. The van der Waals surface area contributed by atoms with Crippen molar-refractivity contribution in [1.82, 2.24) is 20.6 Å².